The maximum atomic E-state index is 13.4. The van der Waals surface area contributed by atoms with Crippen molar-refractivity contribution in [3.05, 3.63) is 35.0 Å². The van der Waals surface area contributed by atoms with Crippen LogP contribution in [0.3, 0.4) is 0 Å². The van der Waals surface area contributed by atoms with Gasteiger partial charge in [0.25, 0.3) is 0 Å². The summed E-state index contributed by atoms with van der Waals surface area (Å²) in [5.74, 6) is 1.42. The van der Waals surface area contributed by atoms with E-state index in [9.17, 15) is 8.78 Å². The van der Waals surface area contributed by atoms with Crippen LogP contribution >= 0.6 is 0 Å². The molecule has 0 radical (unpaired) electrons. The molecule has 0 nitrogen and oxygen atoms in total. The zero-order valence-electron chi connectivity index (χ0n) is 13.0. The highest BCUT2D eigenvalue weighted by Gasteiger charge is 2.29. The molecule has 0 atom stereocenters. The monoisotopic (exact) mass is 292 g/mol. The van der Waals surface area contributed by atoms with Crippen molar-refractivity contribution in [3.63, 3.8) is 0 Å². The van der Waals surface area contributed by atoms with E-state index < -0.39 is 11.7 Å². The minimum atomic E-state index is -0.690. The van der Waals surface area contributed by atoms with E-state index >= 15 is 0 Å². The van der Waals surface area contributed by atoms with Gasteiger partial charge in [0.05, 0.1) is 0 Å². The molecule has 0 aromatic heterocycles. The van der Waals surface area contributed by atoms with Gasteiger partial charge in [0, 0.05) is 6.42 Å². The fourth-order valence-electron chi connectivity index (χ4n) is 4.36. The molecule has 2 saturated carbocycles. The predicted octanol–water partition coefficient (Wildman–Crippen LogP) is 6.41. The molecule has 116 valence electrons. The van der Waals surface area contributed by atoms with Crippen LogP contribution < -0.4 is 0 Å². The summed E-state index contributed by atoms with van der Waals surface area (Å²) in [5, 5.41) is 0. The van der Waals surface area contributed by atoms with Crippen molar-refractivity contribution in [1.82, 2.24) is 0 Å². The second-order valence-electron chi connectivity index (χ2n) is 7.25. The van der Waals surface area contributed by atoms with Gasteiger partial charge in [-0.3, -0.25) is 0 Å². The summed E-state index contributed by atoms with van der Waals surface area (Å²) in [6.45, 7) is 2.37. The third-order valence-electron chi connectivity index (χ3n) is 5.85. The third-order valence-corrected chi connectivity index (χ3v) is 5.85. The lowest BCUT2D eigenvalue weighted by Gasteiger charge is -2.36. The van der Waals surface area contributed by atoms with E-state index in [4.69, 9.17) is 0 Å². The molecule has 0 unspecified atom stereocenters. The molecule has 3 rings (SSSR count). The SMILES string of the molecule is CC1CCC(C2CCC(=C3C=CC(F)=C(F)C3)CC2)CC1. The van der Waals surface area contributed by atoms with Crippen LogP contribution in [0.2, 0.25) is 0 Å². The first-order valence-electron chi connectivity index (χ1n) is 8.56. The first-order chi connectivity index (χ1) is 10.1. The fourth-order valence-corrected chi connectivity index (χ4v) is 4.36. The topological polar surface area (TPSA) is 0 Å². The van der Waals surface area contributed by atoms with Crippen molar-refractivity contribution in [2.24, 2.45) is 17.8 Å². The zero-order chi connectivity index (χ0) is 14.8. The molecule has 2 heteroatoms. The van der Waals surface area contributed by atoms with Crippen molar-refractivity contribution < 1.29 is 8.78 Å². The highest BCUT2D eigenvalue weighted by molar-refractivity contribution is 5.38. The largest absolute Gasteiger partial charge is 0.208 e. The Morgan fingerprint density at radius 3 is 2.10 bits per heavy atom. The molecule has 2 fully saturated rings. The van der Waals surface area contributed by atoms with Gasteiger partial charge in [0.15, 0.2) is 5.83 Å². The Morgan fingerprint density at radius 1 is 0.857 bits per heavy atom. The summed E-state index contributed by atoms with van der Waals surface area (Å²) in [4.78, 5) is 0. The van der Waals surface area contributed by atoms with Gasteiger partial charge in [0.1, 0.15) is 5.83 Å². The minimum absolute atomic E-state index is 0.170. The highest BCUT2D eigenvalue weighted by atomic mass is 19.2. The van der Waals surface area contributed by atoms with E-state index in [1.807, 2.05) is 0 Å². The molecule has 0 amide bonds. The Kier molecular flexibility index (Phi) is 4.61. The summed E-state index contributed by atoms with van der Waals surface area (Å²) in [7, 11) is 0. The van der Waals surface area contributed by atoms with Crippen LogP contribution in [0.5, 0.6) is 0 Å². The van der Waals surface area contributed by atoms with Crippen LogP contribution in [-0.4, -0.2) is 0 Å². The minimum Gasteiger partial charge on any atom is -0.208 e. The summed E-state index contributed by atoms with van der Waals surface area (Å²) in [6.07, 6.45) is 13.5. The smallest absolute Gasteiger partial charge is 0.154 e. The Balaban J connectivity index is 1.57. The van der Waals surface area contributed by atoms with Gasteiger partial charge >= 0.3 is 0 Å². The molecule has 3 aliphatic carbocycles. The Hall–Kier alpha value is -0.920. The number of hydrogen-bond donors (Lipinski definition) is 0. The van der Waals surface area contributed by atoms with E-state index in [1.54, 1.807) is 6.08 Å². The lowest BCUT2D eigenvalue weighted by molar-refractivity contribution is 0.184. The van der Waals surface area contributed by atoms with Crippen LogP contribution in [-0.2, 0) is 0 Å². The Bertz CT molecular complexity index is 466. The van der Waals surface area contributed by atoms with Crippen LogP contribution in [0.25, 0.3) is 0 Å². The first kappa shape index (κ1) is 15.0. The van der Waals surface area contributed by atoms with Gasteiger partial charge in [-0.1, -0.05) is 31.4 Å². The average molecular weight is 292 g/mol. The molecule has 0 N–H and O–H groups in total. The van der Waals surface area contributed by atoms with E-state index in [0.717, 1.165) is 36.2 Å². The number of halogens is 2. The summed E-state index contributed by atoms with van der Waals surface area (Å²) >= 11 is 0. The van der Waals surface area contributed by atoms with Crippen molar-refractivity contribution in [2.75, 3.05) is 0 Å². The number of rotatable bonds is 1. The maximum absolute atomic E-state index is 13.4. The first-order valence-corrected chi connectivity index (χ1v) is 8.56. The lowest BCUT2D eigenvalue weighted by atomic mass is 9.70. The molecule has 21 heavy (non-hydrogen) atoms. The van der Waals surface area contributed by atoms with Crippen molar-refractivity contribution in [3.8, 4) is 0 Å². The summed E-state index contributed by atoms with van der Waals surface area (Å²) in [5.41, 5.74) is 2.40. The molecular formula is C19H26F2. The summed E-state index contributed by atoms with van der Waals surface area (Å²) < 4.78 is 26.5. The highest BCUT2D eigenvalue weighted by Crippen LogP contribution is 2.42. The van der Waals surface area contributed by atoms with Crippen LogP contribution in [0, 0.1) is 17.8 Å². The molecule has 0 aromatic carbocycles. The van der Waals surface area contributed by atoms with Crippen molar-refractivity contribution >= 4 is 0 Å². The second kappa shape index (κ2) is 6.46. The number of allylic oxidation sites excluding steroid dienone is 6. The molecule has 0 aliphatic heterocycles. The molecule has 0 bridgehead atoms. The van der Waals surface area contributed by atoms with Crippen LogP contribution in [0.4, 0.5) is 8.78 Å². The molecule has 0 heterocycles. The predicted molar refractivity (Wildman–Crippen MR) is 83.1 cm³/mol. The maximum Gasteiger partial charge on any atom is 0.154 e. The van der Waals surface area contributed by atoms with Gasteiger partial charge in [-0.25, -0.2) is 8.78 Å². The quantitative estimate of drug-likeness (QED) is 0.524. The van der Waals surface area contributed by atoms with E-state index in [1.165, 1.54) is 50.2 Å². The zero-order valence-corrected chi connectivity index (χ0v) is 13.0. The standard InChI is InChI=1S/C19H26F2/c1-13-2-4-14(5-3-13)15-6-8-16(9-7-15)17-10-11-18(20)19(21)12-17/h10-11,13-15H,2-9,12H2,1H3. The van der Waals surface area contributed by atoms with Crippen molar-refractivity contribution in [2.45, 2.75) is 64.7 Å². The van der Waals surface area contributed by atoms with Crippen molar-refractivity contribution in [1.29, 1.82) is 0 Å². The van der Waals surface area contributed by atoms with Gasteiger partial charge in [-0.2, -0.15) is 0 Å². The second-order valence-corrected chi connectivity index (χ2v) is 7.25. The number of hydrogen-bond acceptors (Lipinski definition) is 0. The normalized spacial score (nSPS) is 34.5. The average Bonchev–Trinajstić information content (AvgIpc) is 2.51. The van der Waals surface area contributed by atoms with Crippen LogP contribution in [0.15, 0.2) is 35.0 Å². The molecule has 0 aromatic rings. The van der Waals surface area contributed by atoms with E-state index in [0.29, 0.717) is 0 Å². The molecule has 0 spiro atoms. The van der Waals surface area contributed by atoms with Gasteiger partial charge in [-0.05, 0) is 67.9 Å². The Morgan fingerprint density at radius 2 is 1.48 bits per heavy atom. The van der Waals surface area contributed by atoms with E-state index in [-0.39, 0.29) is 6.42 Å². The molecular weight excluding hydrogens is 266 g/mol. The lowest BCUT2D eigenvalue weighted by Crippen LogP contribution is -2.23. The van der Waals surface area contributed by atoms with Gasteiger partial charge < -0.3 is 0 Å². The van der Waals surface area contributed by atoms with Gasteiger partial charge in [0.2, 0.25) is 0 Å². The Labute approximate surface area is 127 Å². The summed E-state index contributed by atoms with van der Waals surface area (Å²) in [6, 6.07) is 0. The van der Waals surface area contributed by atoms with Crippen LogP contribution in [0.1, 0.15) is 64.7 Å². The van der Waals surface area contributed by atoms with E-state index in [2.05, 4.69) is 6.92 Å². The van der Waals surface area contributed by atoms with Gasteiger partial charge in [-0.15, -0.1) is 0 Å². The fraction of sp³-hybridized carbons (Fsp3) is 0.684. The molecule has 0 saturated heterocycles. The third kappa shape index (κ3) is 3.46. The molecule has 3 aliphatic rings.